The molecule has 1 aromatic carbocycles. The third-order valence-corrected chi connectivity index (χ3v) is 2.45. The molecule has 13 heavy (non-hydrogen) atoms. The van der Waals surface area contributed by atoms with Gasteiger partial charge in [-0.1, -0.05) is 0 Å². The van der Waals surface area contributed by atoms with Crippen molar-refractivity contribution >= 4 is 10.1 Å². The largest absolute Gasteiger partial charge is 1.00 e. The molecule has 0 aliphatic carbocycles. The van der Waals surface area contributed by atoms with Crippen LogP contribution in [0.5, 0.6) is 5.75 Å². The van der Waals surface area contributed by atoms with Gasteiger partial charge in [0.25, 0.3) is 10.1 Å². The average molecular weight is 228 g/mol. The van der Waals surface area contributed by atoms with E-state index in [0.717, 1.165) is 6.07 Å². The van der Waals surface area contributed by atoms with Gasteiger partial charge in [0.2, 0.25) is 0 Å². The molecule has 0 atom stereocenters. The summed E-state index contributed by atoms with van der Waals surface area (Å²) in [6.45, 7) is 1.49. The molecule has 0 spiro atoms. The molecular formula is C7H9KO4S. The summed E-state index contributed by atoms with van der Waals surface area (Å²) < 4.78 is 29.9. The molecule has 0 fully saturated rings. The zero-order valence-electron chi connectivity index (χ0n) is 8.35. The molecule has 0 aliphatic heterocycles. The van der Waals surface area contributed by atoms with Crippen molar-refractivity contribution < 1.29 is 70.9 Å². The Morgan fingerprint density at radius 3 is 2.31 bits per heavy atom. The van der Waals surface area contributed by atoms with Gasteiger partial charge in [-0.3, -0.25) is 4.55 Å². The Kier molecular flexibility index (Phi) is 5.09. The maximum absolute atomic E-state index is 10.6. The molecule has 1 rings (SSSR count). The molecule has 0 aliphatic rings. The predicted octanol–water partition coefficient (Wildman–Crippen LogP) is -1.94. The van der Waals surface area contributed by atoms with E-state index in [1.54, 1.807) is 0 Å². The van der Waals surface area contributed by atoms with Gasteiger partial charge in [0.15, 0.2) is 0 Å². The predicted molar refractivity (Wildman–Crippen MR) is 43.8 cm³/mol. The van der Waals surface area contributed by atoms with Gasteiger partial charge >= 0.3 is 51.4 Å². The maximum atomic E-state index is 10.6. The summed E-state index contributed by atoms with van der Waals surface area (Å²) in [7, 11) is -4.16. The van der Waals surface area contributed by atoms with Crippen LogP contribution in [-0.4, -0.2) is 18.1 Å². The van der Waals surface area contributed by atoms with Crippen molar-refractivity contribution in [2.75, 3.05) is 0 Å². The minimum atomic E-state index is -4.16. The third-order valence-electron chi connectivity index (χ3n) is 1.44. The van der Waals surface area contributed by atoms with Crippen molar-refractivity contribution in [3.05, 3.63) is 23.8 Å². The Morgan fingerprint density at radius 1 is 1.38 bits per heavy atom. The molecule has 0 saturated carbocycles. The van der Waals surface area contributed by atoms with Crippen LogP contribution in [0, 0.1) is 6.92 Å². The number of benzene rings is 1. The second-order valence-electron chi connectivity index (χ2n) is 2.42. The summed E-state index contributed by atoms with van der Waals surface area (Å²) in [6, 6.07) is 3.62. The first-order valence-electron chi connectivity index (χ1n) is 3.18. The van der Waals surface area contributed by atoms with Gasteiger partial charge in [-0.05, 0) is 30.7 Å². The first-order chi connectivity index (χ1) is 5.41. The van der Waals surface area contributed by atoms with E-state index in [0.29, 0.717) is 5.56 Å². The summed E-state index contributed by atoms with van der Waals surface area (Å²) >= 11 is 0. The molecule has 0 saturated heterocycles. The first-order valence-corrected chi connectivity index (χ1v) is 4.62. The standard InChI is InChI=1S/C7H8O4S.K.H/c1-5-4-6(8)2-3-7(5)12(9,10)11;;/h2-4,8H,1H3,(H,9,10,11);;/q;+1;-1. The van der Waals surface area contributed by atoms with Crippen LogP contribution in [-0.2, 0) is 10.1 Å². The third kappa shape index (κ3) is 3.66. The van der Waals surface area contributed by atoms with E-state index in [-0.39, 0.29) is 63.5 Å². The van der Waals surface area contributed by atoms with Gasteiger partial charge in [0.05, 0.1) is 4.90 Å². The second-order valence-corrected chi connectivity index (χ2v) is 3.81. The monoisotopic (exact) mass is 228 g/mol. The Hall–Kier alpha value is 0.566. The topological polar surface area (TPSA) is 74.6 Å². The number of rotatable bonds is 1. The number of hydrogen-bond acceptors (Lipinski definition) is 3. The van der Waals surface area contributed by atoms with Crippen LogP contribution >= 0.6 is 0 Å². The van der Waals surface area contributed by atoms with Crippen LogP contribution in [0.3, 0.4) is 0 Å². The summed E-state index contributed by atoms with van der Waals surface area (Å²) in [5, 5.41) is 8.93. The van der Waals surface area contributed by atoms with Crippen molar-refractivity contribution in [1.82, 2.24) is 0 Å². The fourth-order valence-electron chi connectivity index (χ4n) is 0.923. The molecule has 0 heterocycles. The van der Waals surface area contributed by atoms with Crippen LogP contribution < -0.4 is 51.4 Å². The zero-order chi connectivity index (χ0) is 9.35. The molecule has 0 amide bonds. The Morgan fingerprint density at radius 2 is 1.92 bits per heavy atom. The number of aromatic hydroxyl groups is 1. The van der Waals surface area contributed by atoms with Crippen LogP contribution in [0.4, 0.5) is 0 Å². The molecule has 1 aromatic rings. The summed E-state index contributed by atoms with van der Waals surface area (Å²) in [5.41, 5.74) is 0.317. The van der Waals surface area contributed by atoms with Crippen molar-refractivity contribution in [2.24, 2.45) is 0 Å². The van der Waals surface area contributed by atoms with Gasteiger partial charge < -0.3 is 6.53 Å². The van der Waals surface area contributed by atoms with Gasteiger partial charge in [-0.2, -0.15) is 8.42 Å². The van der Waals surface area contributed by atoms with Crippen LogP contribution in [0.1, 0.15) is 6.99 Å². The van der Waals surface area contributed by atoms with Crippen molar-refractivity contribution in [1.29, 1.82) is 0 Å². The molecule has 0 bridgehead atoms. The van der Waals surface area contributed by atoms with Crippen LogP contribution in [0.2, 0.25) is 0 Å². The zero-order valence-corrected chi connectivity index (χ0v) is 11.3. The van der Waals surface area contributed by atoms with E-state index >= 15 is 0 Å². The number of phenols is 1. The number of hydrogen-bond donors (Lipinski definition) is 2. The smallest absolute Gasteiger partial charge is 1.00 e. The number of phenolic OH excluding ortho intramolecular Hbond substituents is 1. The quantitative estimate of drug-likeness (QED) is 0.433. The van der Waals surface area contributed by atoms with E-state index in [9.17, 15) is 8.42 Å². The minimum Gasteiger partial charge on any atom is -1.00 e. The molecular weight excluding hydrogens is 219 g/mol. The average Bonchev–Trinajstić information content (AvgIpc) is 1.83. The fraction of sp³-hybridized carbons (Fsp3) is 0.143. The molecule has 4 nitrogen and oxygen atoms in total. The first kappa shape index (κ1) is 13.6. The SMILES string of the molecule is Cc1cc(O)ccc1S(=O)(=O)O.[H-].[K+]. The molecule has 0 aromatic heterocycles. The Labute approximate surface area is 121 Å². The van der Waals surface area contributed by atoms with E-state index in [4.69, 9.17) is 9.66 Å². The molecule has 0 unspecified atom stereocenters. The second kappa shape index (κ2) is 4.88. The van der Waals surface area contributed by atoms with Crippen LogP contribution in [0.15, 0.2) is 23.1 Å². The number of aryl methyl sites for hydroxylation is 1. The minimum absolute atomic E-state index is 0. The van der Waals surface area contributed by atoms with Gasteiger partial charge in [-0.25, -0.2) is 0 Å². The van der Waals surface area contributed by atoms with E-state index < -0.39 is 10.1 Å². The van der Waals surface area contributed by atoms with Gasteiger partial charge in [0.1, 0.15) is 5.75 Å². The molecule has 68 valence electrons. The normalized spacial score (nSPS) is 10.6. The van der Waals surface area contributed by atoms with E-state index in [2.05, 4.69) is 0 Å². The van der Waals surface area contributed by atoms with Crippen LogP contribution in [0.25, 0.3) is 0 Å². The van der Waals surface area contributed by atoms with E-state index in [1.165, 1.54) is 19.1 Å². The molecule has 0 radical (unpaired) electrons. The Bertz CT molecular complexity index is 404. The molecule has 6 heteroatoms. The van der Waals surface area contributed by atoms with Crippen molar-refractivity contribution in [2.45, 2.75) is 11.8 Å². The summed E-state index contributed by atoms with van der Waals surface area (Å²) in [5.74, 6) is -0.0279. The van der Waals surface area contributed by atoms with Crippen molar-refractivity contribution in [3.63, 3.8) is 0 Å². The fourth-order valence-corrected chi connectivity index (χ4v) is 1.63. The summed E-state index contributed by atoms with van der Waals surface area (Å²) in [4.78, 5) is -0.180. The van der Waals surface area contributed by atoms with E-state index in [1.807, 2.05) is 0 Å². The Balaban J connectivity index is 0. The molecule has 2 N–H and O–H groups in total. The summed E-state index contributed by atoms with van der Waals surface area (Å²) in [6.07, 6.45) is 0. The van der Waals surface area contributed by atoms with Crippen molar-refractivity contribution in [3.8, 4) is 5.75 Å². The van der Waals surface area contributed by atoms with Gasteiger partial charge in [0, 0.05) is 0 Å². The maximum Gasteiger partial charge on any atom is 1.00 e. The van der Waals surface area contributed by atoms with Gasteiger partial charge in [-0.15, -0.1) is 0 Å².